The summed E-state index contributed by atoms with van der Waals surface area (Å²) in [5.41, 5.74) is 0. The van der Waals surface area contributed by atoms with Crippen molar-refractivity contribution in [2.75, 3.05) is 19.6 Å². The normalized spacial score (nSPS) is 22.1. The molecule has 7 heteroatoms. The molecule has 1 aliphatic rings. The van der Waals surface area contributed by atoms with Gasteiger partial charge in [-0.2, -0.15) is 13.2 Å². The maximum atomic E-state index is 12.1. The van der Waals surface area contributed by atoms with Crippen molar-refractivity contribution in [1.82, 2.24) is 10.2 Å². The lowest BCUT2D eigenvalue weighted by Crippen LogP contribution is -2.56. The minimum absolute atomic E-state index is 0. The van der Waals surface area contributed by atoms with E-state index < -0.39 is 12.1 Å². The molecule has 1 fully saturated rings. The summed E-state index contributed by atoms with van der Waals surface area (Å²) in [5, 5.41) is 2.96. The first kappa shape index (κ1) is 14.5. The molecule has 1 saturated heterocycles. The number of nitrogens with one attached hydrogen (secondary N) is 1. The standard InChI is InChI=1S/C8H13F3N2O.ClH/c1-2-6-5-12-3-4-13(6)7(14)8(9,10)11;/h6,12H,2-5H2,1H3;1H/t6-;/m1./s1. The van der Waals surface area contributed by atoms with E-state index in [-0.39, 0.29) is 25.0 Å². The molecule has 3 nitrogen and oxygen atoms in total. The molecule has 1 atom stereocenters. The summed E-state index contributed by atoms with van der Waals surface area (Å²) >= 11 is 0. The number of carbonyl (C=O) groups is 1. The van der Waals surface area contributed by atoms with Crippen LogP contribution in [0.4, 0.5) is 13.2 Å². The lowest BCUT2D eigenvalue weighted by Gasteiger charge is -2.35. The molecule has 0 spiro atoms. The Bertz CT molecular complexity index is 222. The average molecular weight is 247 g/mol. The second-order valence-corrected chi connectivity index (χ2v) is 3.26. The van der Waals surface area contributed by atoms with E-state index in [0.29, 0.717) is 19.5 Å². The van der Waals surface area contributed by atoms with Crippen LogP contribution in [0.1, 0.15) is 13.3 Å². The lowest BCUT2D eigenvalue weighted by molar-refractivity contribution is -0.188. The number of rotatable bonds is 1. The van der Waals surface area contributed by atoms with Crippen LogP contribution in [0.25, 0.3) is 0 Å². The van der Waals surface area contributed by atoms with E-state index in [9.17, 15) is 18.0 Å². The van der Waals surface area contributed by atoms with Gasteiger partial charge in [-0.05, 0) is 6.42 Å². The molecular weight excluding hydrogens is 233 g/mol. The molecule has 0 aromatic rings. The van der Waals surface area contributed by atoms with Gasteiger partial charge in [-0.1, -0.05) is 6.92 Å². The first-order valence-corrected chi connectivity index (χ1v) is 4.55. The van der Waals surface area contributed by atoms with Gasteiger partial charge in [-0.15, -0.1) is 12.4 Å². The zero-order chi connectivity index (χ0) is 10.8. The van der Waals surface area contributed by atoms with Crippen LogP contribution in [0.15, 0.2) is 0 Å². The molecule has 0 bridgehead atoms. The Morgan fingerprint density at radius 2 is 2.13 bits per heavy atom. The third-order valence-electron chi connectivity index (χ3n) is 2.32. The molecule has 0 saturated carbocycles. The number of carbonyl (C=O) groups excluding carboxylic acids is 1. The van der Waals surface area contributed by atoms with Crippen LogP contribution >= 0.6 is 12.4 Å². The van der Waals surface area contributed by atoms with Gasteiger partial charge in [0.15, 0.2) is 0 Å². The number of amides is 1. The summed E-state index contributed by atoms with van der Waals surface area (Å²) in [6, 6.07) is -0.335. The SMILES string of the molecule is CC[C@@H]1CNCCN1C(=O)C(F)(F)F.Cl. The fraction of sp³-hybridized carbons (Fsp3) is 0.875. The molecular formula is C8H14ClF3N2O. The minimum Gasteiger partial charge on any atom is -0.329 e. The molecule has 90 valence electrons. The minimum atomic E-state index is -4.75. The zero-order valence-electron chi connectivity index (χ0n) is 8.30. The van der Waals surface area contributed by atoms with Crippen LogP contribution < -0.4 is 5.32 Å². The van der Waals surface area contributed by atoms with Crippen LogP contribution in [0.2, 0.25) is 0 Å². The Morgan fingerprint density at radius 3 is 2.60 bits per heavy atom. The van der Waals surface area contributed by atoms with E-state index in [0.717, 1.165) is 4.90 Å². The lowest BCUT2D eigenvalue weighted by atomic mass is 10.1. The van der Waals surface area contributed by atoms with Gasteiger partial charge in [0.1, 0.15) is 0 Å². The highest BCUT2D eigenvalue weighted by molar-refractivity contribution is 5.85. The Hall–Kier alpha value is -0.490. The number of alkyl halides is 3. The van der Waals surface area contributed by atoms with Gasteiger partial charge in [0.2, 0.25) is 0 Å². The van der Waals surface area contributed by atoms with Crippen molar-refractivity contribution < 1.29 is 18.0 Å². The molecule has 15 heavy (non-hydrogen) atoms. The van der Waals surface area contributed by atoms with Gasteiger partial charge in [0.25, 0.3) is 0 Å². The molecule has 1 amide bonds. The smallest absolute Gasteiger partial charge is 0.329 e. The third kappa shape index (κ3) is 3.53. The fourth-order valence-electron chi connectivity index (χ4n) is 1.56. The summed E-state index contributed by atoms with van der Waals surface area (Å²) in [5.74, 6) is -1.72. The Morgan fingerprint density at radius 1 is 1.53 bits per heavy atom. The number of hydrogen-bond acceptors (Lipinski definition) is 2. The number of piperazine rings is 1. The summed E-state index contributed by atoms with van der Waals surface area (Å²) in [7, 11) is 0. The topological polar surface area (TPSA) is 32.3 Å². The van der Waals surface area contributed by atoms with E-state index in [1.54, 1.807) is 6.92 Å². The summed E-state index contributed by atoms with van der Waals surface area (Å²) < 4.78 is 36.4. The molecule has 0 aromatic carbocycles. The van der Waals surface area contributed by atoms with E-state index in [4.69, 9.17) is 0 Å². The first-order chi connectivity index (χ1) is 6.46. The largest absolute Gasteiger partial charge is 0.471 e. The van der Waals surface area contributed by atoms with Crippen molar-refractivity contribution >= 4 is 18.3 Å². The van der Waals surface area contributed by atoms with E-state index in [1.807, 2.05) is 0 Å². The summed E-state index contributed by atoms with van der Waals surface area (Å²) in [6.45, 7) is 2.78. The molecule has 1 heterocycles. The van der Waals surface area contributed by atoms with Gasteiger partial charge in [0, 0.05) is 25.7 Å². The van der Waals surface area contributed by atoms with Gasteiger partial charge >= 0.3 is 12.1 Å². The molecule has 0 radical (unpaired) electrons. The monoisotopic (exact) mass is 246 g/mol. The van der Waals surface area contributed by atoms with Crippen LogP contribution in [0.3, 0.4) is 0 Å². The Kier molecular flexibility index (Phi) is 5.37. The van der Waals surface area contributed by atoms with Crippen LogP contribution in [0, 0.1) is 0 Å². The number of nitrogens with zero attached hydrogens (tertiary/aromatic N) is 1. The third-order valence-corrected chi connectivity index (χ3v) is 2.32. The van der Waals surface area contributed by atoms with Crippen LogP contribution in [-0.4, -0.2) is 42.7 Å². The zero-order valence-corrected chi connectivity index (χ0v) is 9.12. The van der Waals surface area contributed by atoms with Gasteiger partial charge in [0.05, 0.1) is 0 Å². The molecule has 1 N–H and O–H groups in total. The first-order valence-electron chi connectivity index (χ1n) is 4.55. The quantitative estimate of drug-likeness (QED) is 0.754. The average Bonchev–Trinajstić information content (AvgIpc) is 2.15. The highest BCUT2D eigenvalue weighted by Crippen LogP contribution is 2.21. The van der Waals surface area contributed by atoms with Crippen LogP contribution in [0.5, 0.6) is 0 Å². The predicted octanol–water partition coefficient (Wildman–Crippen LogP) is 1.18. The van der Waals surface area contributed by atoms with Crippen molar-refractivity contribution in [2.45, 2.75) is 25.6 Å². The second-order valence-electron chi connectivity index (χ2n) is 3.26. The Labute approximate surface area is 92.4 Å². The van der Waals surface area contributed by atoms with E-state index >= 15 is 0 Å². The van der Waals surface area contributed by atoms with Crippen molar-refractivity contribution in [2.24, 2.45) is 0 Å². The van der Waals surface area contributed by atoms with E-state index in [1.165, 1.54) is 0 Å². The molecule has 0 aromatic heterocycles. The van der Waals surface area contributed by atoms with Gasteiger partial charge < -0.3 is 10.2 Å². The maximum absolute atomic E-state index is 12.1. The molecule has 0 unspecified atom stereocenters. The van der Waals surface area contributed by atoms with Crippen molar-refractivity contribution in [3.8, 4) is 0 Å². The highest BCUT2D eigenvalue weighted by Gasteiger charge is 2.44. The number of halogens is 4. The maximum Gasteiger partial charge on any atom is 0.471 e. The fourth-order valence-corrected chi connectivity index (χ4v) is 1.56. The predicted molar refractivity (Wildman–Crippen MR) is 52.0 cm³/mol. The molecule has 0 aliphatic carbocycles. The summed E-state index contributed by atoms with van der Waals surface area (Å²) in [4.78, 5) is 11.9. The van der Waals surface area contributed by atoms with Crippen molar-refractivity contribution in [1.29, 1.82) is 0 Å². The molecule has 1 aliphatic heterocycles. The number of hydrogen-bond donors (Lipinski definition) is 1. The second kappa shape index (κ2) is 5.55. The van der Waals surface area contributed by atoms with Crippen LogP contribution in [-0.2, 0) is 4.79 Å². The summed E-state index contributed by atoms with van der Waals surface area (Å²) in [6.07, 6.45) is -4.21. The van der Waals surface area contributed by atoms with Gasteiger partial charge in [-0.25, -0.2) is 0 Å². The Balaban J connectivity index is 0.00000196. The molecule has 1 rings (SSSR count). The van der Waals surface area contributed by atoms with Crippen molar-refractivity contribution in [3.63, 3.8) is 0 Å². The van der Waals surface area contributed by atoms with Crippen molar-refractivity contribution in [3.05, 3.63) is 0 Å². The van der Waals surface area contributed by atoms with Gasteiger partial charge in [-0.3, -0.25) is 4.79 Å². The van der Waals surface area contributed by atoms with E-state index in [2.05, 4.69) is 5.32 Å². The highest BCUT2D eigenvalue weighted by atomic mass is 35.5.